The number of alkyl halides is 5. The van der Waals surface area contributed by atoms with Crippen LogP contribution >= 0.6 is 11.3 Å². The van der Waals surface area contributed by atoms with Gasteiger partial charge in [-0.15, -0.1) is 11.3 Å². The van der Waals surface area contributed by atoms with Crippen molar-refractivity contribution in [3.8, 4) is 10.6 Å². The second-order valence-electron chi connectivity index (χ2n) is 5.93. The van der Waals surface area contributed by atoms with E-state index < -0.39 is 42.6 Å². The van der Waals surface area contributed by atoms with E-state index in [0.717, 1.165) is 12.1 Å². The van der Waals surface area contributed by atoms with Crippen molar-refractivity contribution in [2.45, 2.75) is 31.1 Å². The van der Waals surface area contributed by atoms with Crippen molar-refractivity contribution in [3.05, 3.63) is 40.9 Å². The SMILES string of the molecule is O=C(NCc1csc(-c2ccc(C(F)(F)F)cc2)n1)C1CC(F)(F)CN1. The van der Waals surface area contributed by atoms with Gasteiger partial charge in [-0.2, -0.15) is 13.2 Å². The molecule has 1 aliphatic heterocycles. The number of hydrogen-bond donors (Lipinski definition) is 2. The van der Waals surface area contributed by atoms with Gasteiger partial charge in [0.05, 0.1) is 30.4 Å². The third-order valence-electron chi connectivity index (χ3n) is 3.88. The molecule has 1 amide bonds. The van der Waals surface area contributed by atoms with E-state index in [1.165, 1.54) is 23.5 Å². The summed E-state index contributed by atoms with van der Waals surface area (Å²) in [5, 5.41) is 7.16. The van der Waals surface area contributed by atoms with Crippen LogP contribution in [-0.2, 0) is 17.5 Å². The molecule has 3 rings (SSSR count). The van der Waals surface area contributed by atoms with Gasteiger partial charge in [-0.05, 0) is 12.1 Å². The van der Waals surface area contributed by atoms with Gasteiger partial charge >= 0.3 is 6.18 Å². The lowest BCUT2D eigenvalue weighted by Crippen LogP contribution is -2.40. The van der Waals surface area contributed by atoms with Crippen molar-refractivity contribution in [2.24, 2.45) is 0 Å². The molecule has 1 aromatic carbocycles. The Hall–Kier alpha value is -2.07. The van der Waals surface area contributed by atoms with Crippen LogP contribution in [0, 0.1) is 0 Å². The summed E-state index contributed by atoms with van der Waals surface area (Å²) in [5.74, 6) is -3.43. The molecule has 0 spiro atoms. The smallest absolute Gasteiger partial charge is 0.349 e. The largest absolute Gasteiger partial charge is 0.416 e. The van der Waals surface area contributed by atoms with Crippen LogP contribution in [0.2, 0.25) is 0 Å². The molecule has 1 saturated heterocycles. The van der Waals surface area contributed by atoms with E-state index in [9.17, 15) is 26.7 Å². The zero-order chi connectivity index (χ0) is 18.9. The molecule has 1 fully saturated rings. The third-order valence-corrected chi connectivity index (χ3v) is 4.82. The van der Waals surface area contributed by atoms with Gasteiger partial charge in [0, 0.05) is 17.4 Å². The van der Waals surface area contributed by atoms with Gasteiger partial charge in [0.1, 0.15) is 5.01 Å². The van der Waals surface area contributed by atoms with Crippen LogP contribution < -0.4 is 10.6 Å². The number of nitrogens with zero attached hydrogens (tertiary/aromatic N) is 1. The molecule has 10 heteroatoms. The molecule has 2 N–H and O–H groups in total. The van der Waals surface area contributed by atoms with Gasteiger partial charge in [0.15, 0.2) is 0 Å². The van der Waals surface area contributed by atoms with Crippen LogP contribution in [0.15, 0.2) is 29.6 Å². The maximum absolute atomic E-state index is 13.1. The minimum Gasteiger partial charge on any atom is -0.349 e. The van der Waals surface area contributed by atoms with Gasteiger partial charge in [0.2, 0.25) is 5.91 Å². The molecular formula is C16H14F5N3OS. The van der Waals surface area contributed by atoms with E-state index in [-0.39, 0.29) is 6.54 Å². The Morgan fingerprint density at radius 2 is 2.00 bits per heavy atom. The van der Waals surface area contributed by atoms with Crippen molar-refractivity contribution in [1.82, 2.24) is 15.6 Å². The predicted octanol–water partition coefficient (Wildman–Crippen LogP) is 3.44. The average Bonchev–Trinajstić information content (AvgIpc) is 3.18. The molecule has 0 aliphatic carbocycles. The number of halogens is 5. The second kappa shape index (κ2) is 6.92. The van der Waals surface area contributed by atoms with Crippen molar-refractivity contribution < 1.29 is 26.7 Å². The lowest BCUT2D eigenvalue weighted by Gasteiger charge is -2.10. The molecule has 26 heavy (non-hydrogen) atoms. The zero-order valence-corrected chi connectivity index (χ0v) is 14.1. The summed E-state index contributed by atoms with van der Waals surface area (Å²) in [6, 6.07) is 3.66. The molecule has 1 aliphatic rings. The van der Waals surface area contributed by atoms with E-state index in [1.807, 2.05) is 0 Å². The van der Waals surface area contributed by atoms with Crippen LogP contribution in [0.25, 0.3) is 10.6 Å². The first-order chi connectivity index (χ1) is 12.1. The number of benzene rings is 1. The van der Waals surface area contributed by atoms with Gasteiger partial charge in [-0.3, -0.25) is 10.1 Å². The second-order valence-corrected chi connectivity index (χ2v) is 6.79. The Morgan fingerprint density at radius 3 is 2.58 bits per heavy atom. The minimum absolute atomic E-state index is 0.0553. The quantitative estimate of drug-likeness (QED) is 0.786. The van der Waals surface area contributed by atoms with E-state index in [0.29, 0.717) is 16.3 Å². The standard InChI is InChI=1S/C16H14F5N3OS/c17-15(18)5-12(23-8-15)13(25)22-6-11-7-26-14(24-11)9-1-3-10(4-2-9)16(19,20)21/h1-4,7,12,23H,5-6,8H2,(H,22,25). The summed E-state index contributed by atoms with van der Waals surface area (Å²) in [6.07, 6.45) is -4.95. The average molecular weight is 391 g/mol. The number of aromatic nitrogens is 1. The maximum Gasteiger partial charge on any atom is 0.416 e. The molecule has 4 nitrogen and oxygen atoms in total. The Bertz CT molecular complexity index is 788. The number of carbonyl (C=O) groups is 1. The minimum atomic E-state index is -4.40. The first-order valence-electron chi connectivity index (χ1n) is 7.65. The van der Waals surface area contributed by atoms with Gasteiger partial charge in [-0.1, -0.05) is 12.1 Å². The lowest BCUT2D eigenvalue weighted by atomic mass is 10.1. The monoisotopic (exact) mass is 391 g/mol. The van der Waals surface area contributed by atoms with E-state index in [2.05, 4.69) is 15.6 Å². The summed E-state index contributed by atoms with van der Waals surface area (Å²) >= 11 is 1.22. The molecule has 0 radical (unpaired) electrons. The van der Waals surface area contributed by atoms with Gasteiger partial charge in [0.25, 0.3) is 5.92 Å². The van der Waals surface area contributed by atoms with Crippen molar-refractivity contribution in [2.75, 3.05) is 6.54 Å². The van der Waals surface area contributed by atoms with Crippen molar-refractivity contribution in [3.63, 3.8) is 0 Å². The van der Waals surface area contributed by atoms with Crippen LogP contribution in [0.5, 0.6) is 0 Å². The summed E-state index contributed by atoms with van der Waals surface area (Å²) < 4.78 is 63.9. The first-order valence-corrected chi connectivity index (χ1v) is 8.53. The highest BCUT2D eigenvalue weighted by molar-refractivity contribution is 7.13. The highest BCUT2D eigenvalue weighted by Crippen LogP contribution is 2.31. The fraction of sp³-hybridized carbons (Fsp3) is 0.375. The molecule has 0 saturated carbocycles. The fourth-order valence-electron chi connectivity index (χ4n) is 2.52. The Balaban J connectivity index is 1.59. The number of thiazole rings is 1. The van der Waals surface area contributed by atoms with E-state index in [1.54, 1.807) is 5.38 Å². The topological polar surface area (TPSA) is 54.0 Å². The maximum atomic E-state index is 13.1. The Kier molecular flexibility index (Phi) is 4.98. The van der Waals surface area contributed by atoms with E-state index in [4.69, 9.17) is 0 Å². The molecule has 2 aromatic rings. The molecule has 2 heterocycles. The zero-order valence-electron chi connectivity index (χ0n) is 13.2. The number of amides is 1. The van der Waals surface area contributed by atoms with Crippen molar-refractivity contribution >= 4 is 17.2 Å². The van der Waals surface area contributed by atoms with Crippen LogP contribution in [-0.4, -0.2) is 29.4 Å². The Labute approximate surface area is 149 Å². The summed E-state index contributed by atoms with van der Waals surface area (Å²) in [7, 11) is 0. The number of carbonyl (C=O) groups excluding carboxylic acids is 1. The number of hydrogen-bond acceptors (Lipinski definition) is 4. The summed E-state index contributed by atoms with van der Waals surface area (Å²) in [5.41, 5.74) is 0.284. The molecule has 0 bridgehead atoms. The first kappa shape index (κ1) is 18.7. The fourth-order valence-corrected chi connectivity index (χ4v) is 3.35. The van der Waals surface area contributed by atoms with Crippen LogP contribution in [0.1, 0.15) is 17.7 Å². The van der Waals surface area contributed by atoms with Crippen LogP contribution in [0.4, 0.5) is 22.0 Å². The molecule has 1 aromatic heterocycles. The van der Waals surface area contributed by atoms with Gasteiger partial charge < -0.3 is 5.32 Å². The predicted molar refractivity (Wildman–Crippen MR) is 85.8 cm³/mol. The van der Waals surface area contributed by atoms with Crippen molar-refractivity contribution in [1.29, 1.82) is 0 Å². The number of nitrogens with one attached hydrogen (secondary N) is 2. The molecule has 1 unspecified atom stereocenters. The van der Waals surface area contributed by atoms with Gasteiger partial charge in [-0.25, -0.2) is 13.8 Å². The lowest BCUT2D eigenvalue weighted by molar-refractivity contribution is -0.137. The number of rotatable bonds is 4. The highest BCUT2D eigenvalue weighted by atomic mass is 32.1. The van der Waals surface area contributed by atoms with Crippen LogP contribution in [0.3, 0.4) is 0 Å². The third kappa shape index (κ3) is 4.36. The summed E-state index contributed by atoms with van der Waals surface area (Å²) in [6.45, 7) is -0.473. The highest BCUT2D eigenvalue weighted by Gasteiger charge is 2.42. The molecule has 140 valence electrons. The Morgan fingerprint density at radius 1 is 1.31 bits per heavy atom. The molecular weight excluding hydrogens is 377 g/mol. The summed E-state index contributed by atoms with van der Waals surface area (Å²) in [4.78, 5) is 16.1. The van der Waals surface area contributed by atoms with E-state index >= 15 is 0 Å². The normalized spacial score (nSPS) is 19.5. The molecule has 1 atom stereocenters.